The molecule has 2 aromatic heterocycles. The lowest BCUT2D eigenvalue weighted by atomic mass is 10.2. The molecule has 4 aromatic rings. The van der Waals surface area contributed by atoms with E-state index in [0.717, 1.165) is 64.4 Å². The summed E-state index contributed by atoms with van der Waals surface area (Å²) >= 11 is 4.88. The quantitative estimate of drug-likeness (QED) is 0.171. The second-order valence-electron chi connectivity index (χ2n) is 9.16. The standard InChI is InChI=1S/C28H30N2O6S4/c1-4-18(14-25-29(10-11-31)21-16-19(35-2)6-7-23(21)38-25)15-26-30(9-5-13-40(32,33)34)27-24(39-26)17-22(36-3)20-8-12-37-28(20)27/h6-8,12,14-17,31H,4-5,9-11,13H2,1-3H3. The fraction of sp³-hybridized carbons (Fsp3) is 0.321. The van der Waals surface area contributed by atoms with Crippen molar-refractivity contribution in [3.63, 3.8) is 0 Å². The highest BCUT2D eigenvalue weighted by molar-refractivity contribution is 8.03. The number of aryl methyl sites for hydroxylation is 1. The van der Waals surface area contributed by atoms with Crippen LogP contribution in [0.3, 0.4) is 0 Å². The van der Waals surface area contributed by atoms with Crippen LogP contribution in [0.2, 0.25) is 0 Å². The minimum absolute atomic E-state index is 0.0112. The molecule has 0 radical (unpaired) electrons. The number of fused-ring (bicyclic) bond motifs is 4. The van der Waals surface area contributed by atoms with Gasteiger partial charge in [-0.15, -0.1) is 11.3 Å². The van der Waals surface area contributed by atoms with Crippen LogP contribution < -0.4 is 18.9 Å². The van der Waals surface area contributed by atoms with E-state index in [-0.39, 0.29) is 13.0 Å². The number of nitrogens with zero attached hydrogens (tertiary/aromatic N) is 2. The molecule has 40 heavy (non-hydrogen) atoms. The Morgan fingerprint density at radius 2 is 2.02 bits per heavy atom. The van der Waals surface area contributed by atoms with Crippen LogP contribution in [0.5, 0.6) is 11.5 Å². The summed E-state index contributed by atoms with van der Waals surface area (Å²) in [5.41, 5.74) is 3.10. The van der Waals surface area contributed by atoms with Crippen molar-refractivity contribution in [1.82, 2.24) is 0 Å². The van der Waals surface area contributed by atoms with Gasteiger partial charge in [0, 0.05) is 47.2 Å². The normalized spacial score (nSPS) is 15.0. The number of thiazole rings is 1. The number of hydrogen-bond acceptors (Lipinski definition) is 10. The van der Waals surface area contributed by atoms with Crippen LogP contribution in [-0.2, 0) is 16.7 Å². The number of anilines is 1. The molecular formula is C28H30N2O6S4. The Morgan fingerprint density at radius 3 is 2.73 bits per heavy atom. The van der Waals surface area contributed by atoms with Gasteiger partial charge in [0.15, 0.2) is 6.54 Å². The van der Waals surface area contributed by atoms with Crippen molar-refractivity contribution in [2.24, 2.45) is 0 Å². The molecule has 0 saturated carbocycles. The molecule has 12 heteroatoms. The van der Waals surface area contributed by atoms with Crippen LogP contribution in [0.25, 0.3) is 26.4 Å². The predicted molar refractivity (Wildman–Crippen MR) is 163 cm³/mol. The summed E-state index contributed by atoms with van der Waals surface area (Å²) in [5.74, 6) is 1.14. The zero-order chi connectivity index (χ0) is 28.4. The molecule has 0 spiro atoms. The van der Waals surface area contributed by atoms with Gasteiger partial charge in [-0.2, -0.15) is 4.57 Å². The molecule has 212 valence electrons. The predicted octanol–water partition coefficient (Wildman–Crippen LogP) is 5.60. The van der Waals surface area contributed by atoms with Gasteiger partial charge in [-0.05, 0) is 41.6 Å². The highest BCUT2D eigenvalue weighted by Gasteiger charge is 2.27. The maximum atomic E-state index is 11.4. The average Bonchev–Trinajstić information content (AvgIpc) is 3.63. The lowest BCUT2D eigenvalue weighted by Crippen LogP contribution is -2.36. The zero-order valence-corrected chi connectivity index (χ0v) is 25.6. The largest absolute Gasteiger partial charge is 0.748 e. The van der Waals surface area contributed by atoms with E-state index in [4.69, 9.17) is 9.47 Å². The summed E-state index contributed by atoms with van der Waals surface area (Å²) in [5, 5.41) is 14.8. The van der Waals surface area contributed by atoms with Gasteiger partial charge in [-0.3, -0.25) is 0 Å². The minimum atomic E-state index is -4.31. The van der Waals surface area contributed by atoms with E-state index >= 15 is 0 Å². The molecular weight excluding hydrogens is 589 g/mol. The number of ether oxygens (including phenoxy) is 2. The SMILES string of the molecule is CCC(=Cc1sc2cc(OC)c3ccsc3c2[n+]1CCCS(=O)(=O)[O-])C=C1Sc2ccc(OC)cc2N1CCO. The lowest BCUT2D eigenvalue weighted by molar-refractivity contribution is -0.667. The third-order valence-electron chi connectivity index (χ3n) is 6.67. The van der Waals surface area contributed by atoms with Crippen molar-refractivity contribution in [1.29, 1.82) is 0 Å². The Balaban J connectivity index is 1.60. The summed E-state index contributed by atoms with van der Waals surface area (Å²) in [4.78, 5) is 3.20. The van der Waals surface area contributed by atoms with Crippen LogP contribution in [0.15, 0.2) is 57.3 Å². The number of benzene rings is 2. The molecule has 2 aromatic carbocycles. The first-order chi connectivity index (χ1) is 19.3. The fourth-order valence-electron chi connectivity index (χ4n) is 4.78. The molecule has 0 unspecified atom stereocenters. The molecule has 0 fully saturated rings. The van der Waals surface area contributed by atoms with Gasteiger partial charge >= 0.3 is 0 Å². The summed E-state index contributed by atoms with van der Waals surface area (Å²) in [7, 11) is -1.01. The molecule has 0 saturated heterocycles. The van der Waals surface area contributed by atoms with Gasteiger partial charge in [-0.25, -0.2) is 8.42 Å². The molecule has 1 aliphatic rings. The number of hydrogen-bond donors (Lipinski definition) is 1. The Kier molecular flexibility index (Phi) is 8.74. The molecule has 0 atom stereocenters. The van der Waals surface area contributed by atoms with Crippen LogP contribution >= 0.6 is 34.4 Å². The van der Waals surface area contributed by atoms with Crippen LogP contribution in [-0.4, -0.2) is 51.2 Å². The number of aliphatic hydroxyl groups excluding tert-OH is 1. The van der Waals surface area contributed by atoms with E-state index in [2.05, 4.69) is 28.5 Å². The first kappa shape index (κ1) is 28.9. The maximum absolute atomic E-state index is 11.4. The monoisotopic (exact) mass is 618 g/mol. The van der Waals surface area contributed by atoms with Gasteiger partial charge < -0.3 is 24.0 Å². The van der Waals surface area contributed by atoms with E-state index in [1.807, 2.05) is 35.7 Å². The van der Waals surface area contributed by atoms with E-state index in [1.165, 1.54) is 0 Å². The summed E-state index contributed by atoms with van der Waals surface area (Å²) < 4.78 is 49.4. The topological polar surface area (TPSA) is 103 Å². The molecule has 0 bridgehead atoms. The van der Waals surface area contributed by atoms with E-state index < -0.39 is 15.9 Å². The van der Waals surface area contributed by atoms with Crippen molar-refractivity contribution in [2.45, 2.75) is 31.2 Å². The van der Waals surface area contributed by atoms with Crippen molar-refractivity contribution in [2.75, 3.05) is 38.0 Å². The highest BCUT2D eigenvalue weighted by Crippen LogP contribution is 2.48. The van der Waals surface area contributed by atoms with Gasteiger partial charge in [0.25, 0.3) is 5.01 Å². The number of thioether (sulfide) groups is 1. The van der Waals surface area contributed by atoms with Gasteiger partial charge in [0.05, 0.1) is 41.7 Å². The van der Waals surface area contributed by atoms with Gasteiger partial charge in [0.1, 0.15) is 20.9 Å². The number of methoxy groups -OCH3 is 2. The minimum Gasteiger partial charge on any atom is -0.748 e. The number of β-amino-alcohol motifs (C(OH)–C–C–N with tert-alkyl or cyclic N) is 1. The highest BCUT2D eigenvalue weighted by atomic mass is 32.2. The zero-order valence-electron chi connectivity index (χ0n) is 22.4. The van der Waals surface area contributed by atoms with Crippen molar-refractivity contribution in [3.05, 3.63) is 57.4 Å². The summed E-state index contributed by atoms with van der Waals surface area (Å²) in [6.45, 7) is 2.96. The number of rotatable bonds is 11. The molecule has 1 N–H and O–H groups in total. The molecule has 0 aliphatic carbocycles. The first-order valence-electron chi connectivity index (χ1n) is 12.8. The average molecular weight is 619 g/mol. The fourth-order valence-corrected chi connectivity index (χ4v) is 8.65. The number of allylic oxidation sites excluding steroid dienone is 2. The molecule has 0 amide bonds. The molecule has 3 heterocycles. The first-order valence-corrected chi connectivity index (χ1v) is 16.9. The lowest BCUT2D eigenvalue weighted by Gasteiger charge is -2.20. The molecule has 8 nitrogen and oxygen atoms in total. The summed E-state index contributed by atoms with van der Waals surface area (Å²) in [6.07, 6.45) is 5.26. The van der Waals surface area contributed by atoms with Crippen LogP contribution in [0, 0.1) is 0 Å². The molecule has 1 aliphatic heterocycles. The maximum Gasteiger partial charge on any atom is 0.263 e. The number of aromatic nitrogens is 1. The van der Waals surface area contributed by atoms with E-state index in [9.17, 15) is 18.1 Å². The third-order valence-corrected chi connectivity index (χ3v) is 10.6. The van der Waals surface area contributed by atoms with E-state index in [0.29, 0.717) is 13.1 Å². The Labute approximate surface area is 245 Å². The van der Waals surface area contributed by atoms with Gasteiger partial charge in [-0.1, -0.05) is 30.0 Å². The molecule has 5 rings (SSSR count). The van der Waals surface area contributed by atoms with Crippen LogP contribution in [0.4, 0.5) is 5.69 Å². The van der Waals surface area contributed by atoms with Gasteiger partial charge in [0.2, 0.25) is 5.52 Å². The van der Waals surface area contributed by atoms with Crippen molar-refractivity contribution in [3.8, 4) is 11.5 Å². The van der Waals surface area contributed by atoms with E-state index in [1.54, 1.807) is 48.7 Å². The number of thiophene rings is 1. The Hall–Kier alpha value is -2.61. The second kappa shape index (κ2) is 12.1. The second-order valence-corrected chi connectivity index (χ2v) is 13.7. The smallest absolute Gasteiger partial charge is 0.263 e. The Morgan fingerprint density at radius 1 is 1.20 bits per heavy atom. The van der Waals surface area contributed by atoms with Crippen molar-refractivity contribution >= 4 is 76.6 Å². The third kappa shape index (κ3) is 5.88. The Bertz CT molecular complexity index is 1720. The van der Waals surface area contributed by atoms with Crippen molar-refractivity contribution < 1.29 is 32.1 Å². The summed E-state index contributed by atoms with van der Waals surface area (Å²) in [6, 6.07) is 10.0. The van der Waals surface area contributed by atoms with Crippen LogP contribution in [0.1, 0.15) is 24.8 Å². The number of aliphatic hydroxyl groups is 1.